The van der Waals surface area contributed by atoms with Gasteiger partial charge in [0.2, 0.25) is 34.1 Å². The molecule has 1 aromatic heterocycles. The van der Waals surface area contributed by atoms with E-state index in [1.165, 1.54) is 12.0 Å². The van der Waals surface area contributed by atoms with Crippen LogP contribution in [0.1, 0.15) is 84.8 Å². The fourth-order valence-corrected chi connectivity index (χ4v) is 9.34. The van der Waals surface area contributed by atoms with E-state index in [1.54, 1.807) is 45.9 Å². The average molecular weight is 805 g/mol. The molecule has 4 fully saturated rings. The van der Waals surface area contributed by atoms with Gasteiger partial charge in [0.15, 0.2) is 0 Å². The van der Waals surface area contributed by atoms with Crippen LogP contribution in [-0.2, 0) is 35.6 Å². The molecule has 0 spiro atoms. The summed E-state index contributed by atoms with van der Waals surface area (Å²) >= 11 is 0. The molecule has 15 nitrogen and oxygen atoms in total. The van der Waals surface area contributed by atoms with Crippen molar-refractivity contribution in [2.24, 2.45) is 23.2 Å². The number of hydrogen-bond donors (Lipinski definition) is 3. The van der Waals surface area contributed by atoms with Crippen molar-refractivity contribution in [2.45, 2.75) is 127 Å². The molecular formula is C38H50F2N6O9S. The van der Waals surface area contributed by atoms with E-state index in [0.717, 1.165) is 25.7 Å². The van der Waals surface area contributed by atoms with Crippen molar-refractivity contribution in [3.8, 4) is 11.6 Å². The summed E-state index contributed by atoms with van der Waals surface area (Å²) in [5.41, 5.74) is -1.42. The number of nitrogens with zero attached hydrogens (tertiary/aromatic N) is 3. The van der Waals surface area contributed by atoms with Gasteiger partial charge in [0.05, 0.1) is 35.9 Å². The molecule has 3 aliphatic carbocycles. The molecule has 306 valence electrons. The number of alkyl carbamates (subject to hydrolysis) is 1. The molecule has 18 heteroatoms. The fraction of sp³-hybridized carbons (Fsp3) is 0.684. The summed E-state index contributed by atoms with van der Waals surface area (Å²) in [7, 11) is -2.61. The minimum atomic E-state index is -4.14. The first-order valence-electron chi connectivity index (χ1n) is 19.4. The van der Waals surface area contributed by atoms with Crippen LogP contribution in [0.25, 0.3) is 11.0 Å². The third kappa shape index (κ3) is 8.07. The van der Waals surface area contributed by atoms with Gasteiger partial charge in [-0.25, -0.2) is 32.0 Å². The normalized spacial score (nSPS) is 31.1. The molecule has 2 aliphatic heterocycles. The number of nitrogens with one attached hydrogen (secondary N) is 3. The van der Waals surface area contributed by atoms with Crippen LogP contribution in [0.3, 0.4) is 0 Å². The Kier molecular flexibility index (Phi) is 10.6. The van der Waals surface area contributed by atoms with Gasteiger partial charge in [-0.3, -0.25) is 19.1 Å². The Bertz CT molecular complexity index is 2010. The molecule has 4 amide bonds. The number of sulfonamides is 1. The molecule has 5 aliphatic rings. The second kappa shape index (κ2) is 14.9. The third-order valence-electron chi connectivity index (χ3n) is 11.8. The second-order valence-electron chi connectivity index (χ2n) is 17.0. The van der Waals surface area contributed by atoms with Gasteiger partial charge in [-0.2, -0.15) is 0 Å². The number of rotatable bonds is 7. The van der Waals surface area contributed by atoms with Gasteiger partial charge < -0.3 is 29.7 Å². The van der Waals surface area contributed by atoms with E-state index in [9.17, 15) is 36.4 Å². The topological polar surface area (TPSA) is 195 Å². The van der Waals surface area contributed by atoms with Crippen molar-refractivity contribution < 1.29 is 50.6 Å². The highest BCUT2D eigenvalue weighted by Crippen LogP contribution is 2.49. The predicted octanol–water partition coefficient (Wildman–Crippen LogP) is 3.63. The number of methoxy groups -OCH3 is 1. The first kappa shape index (κ1) is 39.9. The van der Waals surface area contributed by atoms with Gasteiger partial charge in [-0.05, 0) is 68.4 Å². The molecular weight excluding hydrogens is 755 g/mol. The van der Waals surface area contributed by atoms with E-state index in [1.807, 2.05) is 4.72 Å². The Morgan fingerprint density at radius 1 is 1.05 bits per heavy atom. The van der Waals surface area contributed by atoms with Crippen LogP contribution in [0.15, 0.2) is 18.2 Å². The molecule has 3 N–H and O–H groups in total. The highest BCUT2D eigenvalue weighted by Gasteiger charge is 2.67. The number of aromatic nitrogens is 2. The lowest BCUT2D eigenvalue weighted by atomic mass is 9.85. The smallest absolute Gasteiger partial charge is 0.408 e. The van der Waals surface area contributed by atoms with Crippen molar-refractivity contribution in [2.75, 3.05) is 13.7 Å². The lowest BCUT2D eigenvalue weighted by Crippen LogP contribution is -2.61. The van der Waals surface area contributed by atoms with Gasteiger partial charge in [0.25, 0.3) is 5.91 Å². The number of hydrogen-bond acceptors (Lipinski definition) is 11. The Morgan fingerprint density at radius 2 is 1.80 bits per heavy atom. The maximum absolute atomic E-state index is 14.7. The van der Waals surface area contributed by atoms with Gasteiger partial charge in [-0.15, -0.1) is 0 Å². The largest absolute Gasteiger partial charge is 0.497 e. The van der Waals surface area contributed by atoms with Crippen LogP contribution in [0.2, 0.25) is 0 Å². The molecule has 3 saturated carbocycles. The highest BCUT2D eigenvalue weighted by atomic mass is 32.2. The van der Waals surface area contributed by atoms with Gasteiger partial charge in [-0.1, -0.05) is 40.5 Å². The minimum absolute atomic E-state index is 0.184. The first-order valence-corrected chi connectivity index (χ1v) is 20.9. The number of aryl methyl sites for hydroxylation is 1. The van der Waals surface area contributed by atoms with E-state index < -0.39 is 92.9 Å². The fourth-order valence-electron chi connectivity index (χ4n) is 7.97. The summed E-state index contributed by atoms with van der Waals surface area (Å²) in [5.74, 6) is -4.38. The van der Waals surface area contributed by atoms with E-state index >= 15 is 0 Å². The summed E-state index contributed by atoms with van der Waals surface area (Å²) < 4.78 is 73.5. The van der Waals surface area contributed by atoms with Crippen molar-refractivity contribution >= 4 is 44.9 Å². The maximum atomic E-state index is 14.7. The van der Waals surface area contributed by atoms with Crippen molar-refractivity contribution in [1.82, 2.24) is 30.2 Å². The van der Waals surface area contributed by atoms with Crippen LogP contribution < -0.4 is 24.8 Å². The van der Waals surface area contributed by atoms with Crippen LogP contribution in [0.4, 0.5) is 13.6 Å². The van der Waals surface area contributed by atoms with Gasteiger partial charge >= 0.3 is 6.09 Å². The molecule has 7 rings (SSSR count). The lowest BCUT2D eigenvalue weighted by molar-refractivity contribution is -0.143. The minimum Gasteiger partial charge on any atom is -0.497 e. The van der Waals surface area contributed by atoms with Crippen molar-refractivity contribution in [3.05, 3.63) is 23.9 Å². The number of alkyl halides is 2. The highest BCUT2D eigenvalue weighted by molar-refractivity contribution is 7.91. The zero-order chi connectivity index (χ0) is 40.3. The Balaban J connectivity index is 1.25. The Morgan fingerprint density at radius 3 is 2.46 bits per heavy atom. The number of carbonyl (C=O) groups excluding carboxylic acids is 4. The van der Waals surface area contributed by atoms with Crippen LogP contribution in [0, 0.1) is 23.2 Å². The molecule has 8 atom stereocenters. The molecule has 56 heavy (non-hydrogen) atoms. The zero-order valence-corrected chi connectivity index (χ0v) is 33.0. The summed E-state index contributed by atoms with van der Waals surface area (Å²) in [6.45, 7) is 6.70. The van der Waals surface area contributed by atoms with E-state index in [4.69, 9.17) is 24.2 Å². The first-order chi connectivity index (χ1) is 26.4. The molecule has 1 aromatic carbocycles. The standard InChI is InChI=1S/C38H50F2N6O9S/c1-19-28-18-46(29(19)32(47)44-38(17-23(38)31(39)40)35(49)45-56(51,52)22-12-13-22)34(48)30(37(2,3)4)43-36(50)55-27-15-20(27)9-7-6-8-10-25-33(54-28)42-26-16-21(53-5)11-14-24(26)41-25/h11,14,16,19-20,22-23,27-31H,6-10,12-13,15,17-18H2,1-5H3,(H,43,50)(H,44,47)(H,45,49)/t19-,20-,23+,27-,28+,29+,30-,38-/m1/s1. The number of benzene rings is 1. The van der Waals surface area contributed by atoms with Crippen LogP contribution in [-0.4, -0.2) is 102 Å². The summed E-state index contributed by atoms with van der Waals surface area (Å²) in [5, 5.41) is 4.38. The number of ether oxygens (including phenoxy) is 3. The monoisotopic (exact) mass is 804 g/mol. The molecule has 0 radical (unpaired) electrons. The molecule has 1 saturated heterocycles. The summed E-state index contributed by atoms with van der Waals surface area (Å²) in [4.78, 5) is 66.8. The number of halogens is 2. The number of amides is 4. The Labute approximate surface area is 324 Å². The molecule has 2 bridgehead atoms. The van der Waals surface area contributed by atoms with E-state index in [2.05, 4.69) is 10.6 Å². The quantitative estimate of drug-likeness (QED) is 0.370. The zero-order valence-electron chi connectivity index (χ0n) is 32.2. The van der Waals surface area contributed by atoms with Crippen molar-refractivity contribution in [1.29, 1.82) is 0 Å². The summed E-state index contributed by atoms with van der Waals surface area (Å²) in [6, 6.07) is 2.70. The molecule has 3 heterocycles. The van der Waals surface area contributed by atoms with Crippen LogP contribution in [0.5, 0.6) is 11.6 Å². The van der Waals surface area contributed by atoms with Gasteiger partial charge in [0, 0.05) is 12.0 Å². The molecule has 2 aromatic rings. The number of carbonyl (C=O) groups is 4. The Hall–Kier alpha value is -4.35. The predicted molar refractivity (Wildman–Crippen MR) is 197 cm³/mol. The maximum Gasteiger partial charge on any atom is 0.408 e. The average Bonchev–Trinajstić information content (AvgIpc) is 4.03. The van der Waals surface area contributed by atoms with E-state index in [-0.39, 0.29) is 24.4 Å². The van der Waals surface area contributed by atoms with Crippen LogP contribution >= 0.6 is 0 Å². The number of fused-ring (bicyclic) bond motifs is 5. The van der Waals surface area contributed by atoms with Crippen molar-refractivity contribution in [3.63, 3.8) is 0 Å². The molecule has 0 unspecified atom stereocenters. The SMILES string of the molecule is COc1ccc2nc3c(nc2c1)O[C@H]1CN(C(=O)[C@H](C(C)(C)C)NC(=O)O[C@@H]2C[C@H]2CCCCC3)[C@H](C(=O)N[C@]2(C(=O)NS(=O)(=O)C3CC3)C[C@H]2C(F)F)[C@@H]1C. The van der Waals surface area contributed by atoms with E-state index in [0.29, 0.717) is 48.2 Å². The second-order valence-corrected chi connectivity index (χ2v) is 19.0. The summed E-state index contributed by atoms with van der Waals surface area (Å²) in [6.07, 6.45) is -0.193. The van der Waals surface area contributed by atoms with Gasteiger partial charge in [0.1, 0.15) is 41.3 Å². The third-order valence-corrected chi connectivity index (χ3v) is 13.6. The lowest BCUT2D eigenvalue weighted by Gasteiger charge is -2.36.